The van der Waals surface area contributed by atoms with Crippen LogP contribution < -0.4 is 9.47 Å². The third-order valence-corrected chi connectivity index (χ3v) is 7.09. The SMILES string of the molecule is CCCCCCc1cc2c(cc1OCC1CO1)oc1cc(OCC3CO3)c(CCCCCC)cc12. The van der Waals surface area contributed by atoms with Crippen LogP contribution in [0.5, 0.6) is 11.5 Å². The third kappa shape index (κ3) is 6.50. The summed E-state index contributed by atoms with van der Waals surface area (Å²) in [6.07, 6.45) is 12.4. The lowest BCUT2D eigenvalue weighted by atomic mass is 10.00. The van der Waals surface area contributed by atoms with Crippen molar-refractivity contribution in [2.75, 3.05) is 26.4 Å². The number of fused-ring (bicyclic) bond motifs is 3. The Morgan fingerprint density at radius 1 is 0.657 bits per heavy atom. The van der Waals surface area contributed by atoms with Crippen LogP contribution in [-0.4, -0.2) is 38.6 Å². The van der Waals surface area contributed by atoms with Gasteiger partial charge < -0.3 is 23.4 Å². The normalized spacial score (nSPS) is 18.9. The van der Waals surface area contributed by atoms with Crippen LogP contribution in [0.25, 0.3) is 21.9 Å². The highest BCUT2D eigenvalue weighted by atomic mass is 16.6. The molecule has 2 aromatic carbocycles. The smallest absolute Gasteiger partial charge is 0.139 e. The van der Waals surface area contributed by atoms with Crippen molar-refractivity contribution in [3.05, 3.63) is 35.4 Å². The monoisotopic (exact) mass is 480 g/mol. The van der Waals surface area contributed by atoms with Crippen LogP contribution in [0, 0.1) is 0 Å². The van der Waals surface area contributed by atoms with Gasteiger partial charge in [0.15, 0.2) is 0 Å². The maximum absolute atomic E-state index is 6.35. The molecule has 0 N–H and O–H groups in total. The van der Waals surface area contributed by atoms with E-state index in [1.807, 2.05) is 0 Å². The zero-order chi connectivity index (χ0) is 24.0. The lowest BCUT2D eigenvalue weighted by Crippen LogP contribution is -2.06. The molecular formula is C30H40O5. The molecule has 2 fully saturated rings. The Balaban J connectivity index is 1.46. The minimum absolute atomic E-state index is 0.236. The number of ether oxygens (including phenoxy) is 4. The van der Waals surface area contributed by atoms with Gasteiger partial charge in [0.05, 0.1) is 13.2 Å². The topological polar surface area (TPSA) is 56.7 Å². The van der Waals surface area contributed by atoms with E-state index in [9.17, 15) is 0 Å². The molecule has 0 spiro atoms. The molecule has 0 aliphatic carbocycles. The largest absolute Gasteiger partial charge is 0.490 e. The molecule has 2 unspecified atom stereocenters. The minimum atomic E-state index is 0.236. The number of benzene rings is 2. The summed E-state index contributed by atoms with van der Waals surface area (Å²) >= 11 is 0. The fourth-order valence-electron chi connectivity index (χ4n) is 4.76. The van der Waals surface area contributed by atoms with Crippen LogP contribution in [0.3, 0.4) is 0 Å². The minimum Gasteiger partial charge on any atom is -0.490 e. The van der Waals surface area contributed by atoms with Crippen molar-refractivity contribution >= 4 is 21.9 Å². The van der Waals surface area contributed by atoms with Crippen molar-refractivity contribution in [2.45, 2.75) is 90.3 Å². The van der Waals surface area contributed by atoms with Crippen molar-refractivity contribution in [3.63, 3.8) is 0 Å². The molecule has 2 aliphatic rings. The summed E-state index contributed by atoms with van der Waals surface area (Å²) < 4.78 is 29.5. The molecule has 5 heteroatoms. The van der Waals surface area contributed by atoms with Gasteiger partial charge >= 0.3 is 0 Å². The van der Waals surface area contributed by atoms with Crippen molar-refractivity contribution in [2.24, 2.45) is 0 Å². The number of rotatable bonds is 16. The predicted octanol–water partition coefficient (Wildman–Crippen LogP) is 7.39. The first-order chi connectivity index (χ1) is 17.2. The van der Waals surface area contributed by atoms with Crippen LogP contribution >= 0.6 is 0 Å². The molecule has 0 saturated carbocycles. The number of hydrogen-bond acceptors (Lipinski definition) is 5. The number of unbranched alkanes of at least 4 members (excludes halogenated alkanes) is 6. The number of epoxide rings is 2. The van der Waals surface area contributed by atoms with E-state index >= 15 is 0 Å². The molecule has 35 heavy (non-hydrogen) atoms. The van der Waals surface area contributed by atoms with Crippen molar-refractivity contribution in [1.29, 1.82) is 0 Å². The zero-order valence-electron chi connectivity index (χ0n) is 21.4. The highest BCUT2D eigenvalue weighted by Crippen LogP contribution is 2.38. The van der Waals surface area contributed by atoms with Gasteiger partial charge in [-0.3, -0.25) is 0 Å². The molecule has 2 saturated heterocycles. The van der Waals surface area contributed by atoms with E-state index in [4.69, 9.17) is 23.4 Å². The summed E-state index contributed by atoms with van der Waals surface area (Å²) in [4.78, 5) is 0. The fraction of sp³-hybridized carbons (Fsp3) is 0.600. The van der Waals surface area contributed by atoms with Gasteiger partial charge in [0.25, 0.3) is 0 Å². The molecule has 0 radical (unpaired) electrons. The van der Waals surface area contributed by atoms with Crippen molar-refractivity contribution in [1.82, 2.24) is 0 Å². The Kier molecular flexibility index (Phi) is 8.15. The zero-order valence-corrected chi connectivity index (χ0v) is 21.4. The highest BCUT2D eigenvalue weighted by Gasteiger charge is 2.25. The van der Waals surface area contributed by atoms with Gasteiger partial charge in [0.2, 0.25) is 0 Å². The molecule has 5 nitrogen and oxygen atoms in total. The summed E-state index contributed by atoms with van der Waals surface area (Å²) in [5.41, 5.74) is 4.30. The van der Waals surface area contributed by atoms with E-state index in [2.05, 4.69) is 38.1 Å². The standard InChI is InChI=1S/C30H40O5/c1-3-5-7-9-11-21-13-25-26-14-22(12-10-8-6-4-2)28(34-20-24-18-32-24)16-30(26)35-29(25)15-27(21)33-19-23-17-31-23/h13-16,23-24H,3-12,17-20H2,1-2H3. The summed E-state index contributed by atoms with van der Waals surface area (Å²) in [7, 11) is 0. The molecule has 1 aromatic heterocycles. The third-order valence-electron chi connectivity index (χ3n) is 7.09. The van der Waals surface area contributed by atoms with Crippen LogP contribution in [-0.2, 0) is 22.3 Å². The molecule has 0 amide bonds. The van der Waals surface area contributed by atoms with Gasteiger partial charge in [0, 0.05) is 22.9 Å². The second-order valence-corrected chi connectivity index (χ2v) is 10.2. The molecule has 3 aromatic rings. The summed E-state index contributed by atoms with van der Waals surface area (Å²) in [6, 6.07) is 8.78. The molecular weight excluding hydrogens is 440 g/mol. The lowest BCUT2D eigenvalue weighted by Gasteiger charge is -2.12. The maximum atomic E-state index is 6.35. The van der Waals surface area contributed by atoms with Gasteiger partial charge in [-0.05, 0) is 48.9 Å². The molecule has 190 valence electrons. The summed E-state index contributed by atoms with van der Waals surface area (Å²) in [5, 5.41) is 2.35. The second-order valence-electron chi connectivity index (χ2n) is 10.2. The van der Waals surface area contributed by atoms with Crippen molar-refractivity contribution < 1.29 is 23.4 Å². The first-order valence-corrected chi connectivity index (χ1v) is 13.8. The van der Waals surface area contributed by atoms with Crippen molar-refractivity contribution in [3.8, 4) is 11.5 Å². The average molecular weight is 481 g/mol. The Morgan fingerprint density at radius 3 is 1.51 bits per heavy atom. The van der Waals surface area contributed by atoms with Gasteiger partial charge in [-0.2, -0.15) is 0 Å². The molecule has 3 heterocycles. The fourth-order valence-corrected chi connectivity index (χ4v) is 4.76. The molecule has 5 rings (SSSR count). The molecule has 2 aliphatic heterocycles. The quantitative estimate of drug-likeness (QED) is 0.158. The van der Waals surface area contributed by atoms with Crippen LogP contribution in [0.15, 0.2) is 28.7 Å². The van der Waals surface area contributed by atoms with Gasteiger partial charge in [-0.25, -0.2) is 0 Å². The van der Waals surface area contributed by atoms with Crippen LogP contribution in [0.1, 0.15) is 76.3 Å². The first kappa shape index (κ1) is 24.5. The van der Waals surface area contributed by atoms with E-state index in [0.717, 1.165) is 48.7 Å². The second kappa shape index (κ2) is 11.7. The lowest BCUT2D eigenvalue weighted by molar-refractivity contribution is 0.261. The Morgan fingerprint density at radius 2 is 1.11 bits per heavy atom. The number of aryl methyl sites for hydroxylation is 2. The Labute approximate surface area is 209 Å². The number of furan rings is 1. The van der Waals surface area contributed by atoms with Gasteiger partial charge in [-0.1, -0.05) is 52.4 Å². The van der Waals surface area contributed by atoms with E-state index in [1.165, 1.54) is 73.3 Å². The Hall–Kier alpha value is -2.24. The van der Waals surface area contributed by atoms with E-state index in [-0.39, 0.29) is 12.2 Å². The predicted molar refractivity (Wildman–Crippen MR) is 140 cm³/mol. The van der Waals surface area contributed by atoms with E-state index in [1.54, 1.807) is 0 Å². The first-order valence-electron chi connectivity index (χ1n) is 13.8. The van der Waals surface area contributed by atoms with Gasteiger partial charge in [-0.15, -0.1) is 0 Å². The molecule has 0 bridgehead atoms. The van der Waals surface area contributed by atoms with E-state index in [0.29, 0.717) is 13.2 Å². The highest BCUT2D eigenvalue weighted by molar-refractivity contribution is 6.06. The summed E-state index contributed by atoms with van der Waals surface area (Å²) in [5.74, 6) is 1.87. The number of hydrogen-bond donors (Lipinski definition) is 0. The summed E-state index contributed by atoms with van der Waals surface area (Å²) in [6.45, 7) is 7.32. The average Bonchev–Trinajstić information content (AvgIpc) is 3.80. The Bertz CT molecular complexity index is 1020. The van der Waals surface area contributed by atoms with Crippen LogP contribution in [0.4, 0.5) is 0 Å². The maximum Gasteiger partial charge on any atom is 0.139 e. The molecule has 2 atom stereocenters. The van der Waals surface area contributed by atoms with Gasteiger partial charge in [0.1, 0.15) is 48.1 Å². The van der Waals surface area contributed by atoms with E-state index < -0.39 is 0 Å². The van der Waals surface area contributed by atoms with Crippen LogP contribution in [0.2, 0.25) is 0 Å².